The molecule has 0 saturated carbocycles. The molecule has 0 saturated heterocycles. The van der Waals surface area contributed by atoms with Crippen LogP contribution in [0.1, 0.15) is 17.5 Å². The summed E-state index contributed by atoms with van der Waals surface area (Å²) in [6.45, 7) is 3.53. The van der Waals surface area contributed by atoms with Crippen LogP contribution < -0.4 is 0 Å². The first-order valence-corrected chi connectivity index (χ1v) is 7.76. The number of aromatic nitrogens is 2. The van der Waals surface area contributed by atoms with Crippen LogP contribution in [0.3, 0.4) is 0 Å². The summed E-state index contributed by atoms with van der Waals surface area (Å²) in [5, 5.41) is 8.55. The van der Waals surface area contributed by atoms with Gasteiger partial charge in [-0.25, -0.2) is 0 Å². The monoisotopic (exact) mass is 325 g/mol. The van der Waals surface area contributed by atoms with Crippen molar-refractivity contribution in [1.29, 1.82) is 0 Å². The lowest BCUT2D eigenvalue weighted by molar-refractivity contribution is -0.144. The number of benzene rings is 1. The fourth-order valence-corrected chi connectivity index (χ4v) is 2.80. The zero-order valence-corrected chi connectivity index (χ0v) is 13.2. The second-order valence-corrected chi connectivity index (χ2v) is 6.03. The quantitative estimate of drug-likeness (QED) is 0.733. The minimum Gasteiger partial charge on any atom is -0.465 e. The Morgan fingerprint density at radius 2 is 2.05 bits per heavy atom. The number of carbonyl (C=O) groups excluding carboxylic acids is 1. The molecule has 2 aromatic rings. The molecular formula is C14H16ClN3O2S. The number of halogens is 1. The zero-order chi connectivity index (χ0) is 15.1. The maximum absolute atomic E-state index is 11.7. The molecule has 0 amide bonds. The summed E-state index contributed by atoms with van der Waals surface area (Å²) >= 11 is 7.11. The lowest BCUT2D eigenvalue weighted by Gasteiger charge is -2.19. The van der Waals surface area contributed by atoms with E-state index in [1.54, 1.807) is 6.92 Å². The second-order valence-electron chi connectivity index (χ2n) is 4.38. The van der Waals surface area contributed by atoms with E-state index in [1.165, 1.54) is 11.3 Å². The molecule has 1 heterocycles. The third-order valence-corrected chi connectivity index (χ3v) is 3.71. The van der Waals surface area contributed by atoms with Crippen molar-refractivity contribution < 1.29 is 9.53 Å². The van der Waals surface area contributed by atoms with E-state index < -0.39 is 0 Å². The van der Waals surface area contributed by atoms with Gasteiger partial charge < -0.3 is 4.74 Å². The van der Waals surface area contributed by atoms with Gasteiger partial charge in [-0.1, -0.05) is 41.7 Å². The fraction of sp³-hybridized carbons (Fsp3) is 0.357. The molecule has 0 spiro atoms. The molecular weight excluding hydrogens is 310 g/mol. The van der Waals surface area contributed by atoms with Gasteiger partial charge in [0.25, 0.3) is 0 Å². The van der Waals surface area contributed by atoms with Crippen LogP contribution in [0, 0.1) is 0 Å². The molecule has 0 radical (unpaired) electrons. The smallest absolute Gasteiger partial charge is 0.320 e. The minimum absolute atomic E-state index is 0.208. The molecule has 0 fully saturated rings. The number of carbonyl (C=O) groups is 1. The molecule has 112 valence electrons. The van der Waals surface area contributed by atoms with Crippen molar-refractivity contribution in [3.63, 3.8) is 0 Å². The first-order valence-electron chi connectivity index (χ1n) is 6.57. The van der Waals surface area contributed by atoms with E-state index in [-0.39, 0.29) is 12.5 Å². The zero-order valence-electron chi connectivity index (χ0n) is 11.7. The van der Waals surface area contributed by atoms with Gasteiger partial charge in [0.15, 0.2) is 0 Å². The molecule has 0 bridgehead atoms. The molecule has 0 aliphatic carbocycles. The van der Waals surface area contributed by atoms with Gasteiger partial charge in [-0.2, -0.15) is 0 Å². The largest absolute Gasteiger partial charge is 0.465 e. The average Bonchev–Trinajstić information content (AvgIpc) is 2.85. The first-order chi connectivity index (χ1) is 10.2. The maximum atomic E-state index is 11.7. The number of nitrogens with zero attached hydrogens (tertiary/aromatic N) is 3. The van der Waals surface area contributed by atoms with Gasteiger partial charge in [-0.05, 0) is 24.1 Å². The van der Waals surface area contributed by atoms with Crippen molar-refractivity contribution in [3.8, 4) is 0 Å². The molecule has 7 heteroatoms. The Balaban J connectivity index is 2.04. The number of rotatable bonds is 7. The van der Waals surface area contributed by atoms with Crippen molar-refractivity contribution in [2.75, 3.05) is 13.2 Å². The predicted molar refractivity (Wildman–Crippen MR) is 82.1 cm³/mol. The molecule has 0 unspecified atom stereocenters. The van der Waals surface area contributed by atoms with E-state index >= 15 is 0 Å². The summed E-state index contributed by atoms with van der Waals surface area (Å²) in [5.41, 5.74) is 1.12. The van der Waals surface area contributed by atoms with E-state index in [0.29, 0.717) is 24.2 Å². The molecule has 1 aromatic heterocycles. The number of ether oxygens (including phenoxy) is 1. The first kappa shape index (κ1) is 15.9. The Hall–Kier alpha value is -1.50. The van der Waals surface area contributed by atoms with Crippen molar-refractivity contribution in [2.45, 2.75) is 20.0 Å². The normalized spacial score (nSPS) is 10.8. The Bertz CT molecular complexity index is 577. The van der Waals surface area contributed by atoms with Crippen LogP contribution in [-0.2, 0) is 22.6 Å². The van der Waals surface area contributed by atoms with Crippen LogP contribution >= 0.6 is 22.9 Å². The molecule has 21 heavy (non-hydrogen) atoms. The van der Waals surface area contributed by atoms with Gasteiger partial charge in [0.1, 0.15) is 5.01 Å². The van der Waals surface area contributed by atoms with Crippen LogP contribution in [-0.4, -0.2) is 34.2 Å². The van der Waals surface area contributed by atoms with Gasteiger partial charge in [-0.15, -0.1) is 10.2 Å². The number of esters is 1. The average molecular weight is 326 g/mol. The van der Waals surface area contributed by atoms with Gasteiger partial charge >= 0.3 is 5.97 Å². The standard InChI is InChI=1S/C14H16ClN3O2S/c1-2-20-13(19)10-18(8-11-6-4-3-5-7-11)9-12-16-17-14(15)21-12/h3-7H,2,8-10H2,1H3. The highest BCUT2D eigenvalue weighted by Gasteiger charge is 2.15. The van der Waals surface area contributed by atoms with Crippen molar-refractivity contribution in [3.05, 3.63) is 45.4 Å². The van der Waals surface area contributed by atoms with E-state index in [9.17, 15) is 4.79 Å². The van der Waals surface area contributed by atoms with Crippen molar-refractivity contribution in [1.82, 2.24) is 15.1 Å². The fourth-order valence-electron chi connectivity index (χ4n) is 1.89. The third kappa shape index (κ3) is 5.41. The summed E-state index contributed by atoms with van der Waals surface area (Å²) < 4.78 is 5.42. The van der Waals surface area contributed by atoms with Crippen molar-refractivity contribution >= 4 is 28.9 Å². The molecule has 1 aromatic carbocycles. The van der Waals surface area contributed by atoms with Crippen LogP contribution in [0.2, 0.25) is 4.47 Å². The summed E-state index contributed by atoms with van der Waals surface area (Å²) in [4.78, 5) is 13.7. The topological polar surface area (TPSA) is 55.3 Å². The van der Waals surface area contributed by atoms with Gasteiger partial charge in [0.2, 0.25) is 4.47 Å². The Morgan fingerprint density at radius 3 is 2.67 bits per heavy atom. The number of hydrogen-bond acceptors (Lipinski definition) is 6. The second kappa shape index (κ2) is 8.07. The lowest BCUT2D eigenvalue weighted by Crippen LogP contribution is -2.30. The SMILES string of the molecule is CCOC(=O)CN(Cc1ccccc1)Cc1nnc(Cl)s1. The van der Waals surface area contributed by atoms with E-state index in [2.05, 4.69) is 10.2 Å². The number of hydrogen-bond donors (Lipinski definition) is 0. The molecule has 5 nitrogen and oxygen atoms in total. The Kier molecular flexibility index (Phi) is 6.10. The van der Waals surface area contributed by atoms with Crippen LogP contribution in [0.5, 0.6) is 0 Å². The van der Waals surface area contributed by atoms with E-state index in [0.717, 1.165) is 10.6 Å². The highest BCUT2D eigenvalue weighted by molar-refractivity contribution is 7.15. The molecule has 2 rings (SSSR count). The Morgan fingerprint density at radius 1 is 1.29 bits per heavy atom. The van der Waals surface area contributed by atoms with Gasteiger partial charge in [0, 0.05) is 6.54 Å². The van der Waals surface area contributed by atoms with Crippen LogP contribution in [0.25, 0.3) is 0 Å². The summed E-state index contributed by atoms with van der Waals surface area (Å²) in [7, 11) is 0. The van der Waals surface area contributed by atoms with E-state index in [4.69, 9.17) is 16.3 Å². The van der Waals surface area contributed by atoms with Crippen molar-refractivity contribution in [2.24, 2.45) is 0 Å². The summed E-state index contributed by atoms with van der Waals surface area (Å²) in [5.74, 6) is -0.246. The molecule has 0 aliphatic rings. The highest BCUT2D eigenvalue weighted by Crippen LogP contribution is 2.17. The lowest BCUT2D eigenvalue weighted by atomic mass is 10.2. The van der Waals surface area contributed by atoms with Crippen LogP contribution in [0.4, 0.5) is 0 Å². The van der Waals surface area contributed by atoms with Crippen LogP contribution in [0.15, 0.2) is 30.3 Å². The summed E-state index contributed by atoms with van der Waals surface area (Å²) in [6, 6.07) is 9.94. The predicted octanol–water partition coefficient (Wildman–Crippen LogP) is 2.76. The van der Waals surface area contributed by atoms with Gasteiger partial charge in [0.05, 0.1) is 19.7 Å². The third-order valence-electron chi connectivity index (χ3n) is 2.71. The molecule has 0 N–H and O–H groups in total. The maximum Gasteiger partial charge on any atom is 0.320 e. The molecule has 0 atom stereocenters. The highest BCUT2D eigenvalue weighted by atomic mass is 35.5. The summed E-state index contributed by atoms with van der Waals surface area (Å²) in [6.07, 6.45) is 0. The van der Waals surface area contributed by atoms with E-state index in [1.807, 2.05) is 35.2 Å². The molecule has 0 aliphatic heterocycles. The Labute approximate surface area is 132 Å². The minimum atomic E-state index is -0.246. The van der Waals surface area contributed by atoms with Gasteiger partial charge in [-0.3, -0.25) is 9.69 Å².